The molecule has 0 bridgehead atoms. The van der Waals surface area contributed by atoms with E-state index in [1.165, 1.54) is 11.3 Å². The first-order valence-electron chi connectivity index (χ1n) is 5.03. The van der Waals surface area contributed by atoms with Crippen molar-refractivity contribution in [1.82, 2.24) is 0 Å². The topological polar surface area (TPSA) is 3.24 Å². The number of anilines is 1. The summed E-state index contributed by atoms with van der Waals surface area (Å²) in [4.78, 5) is 2.13. The van der Waals surface area contributed by atoms with E-state index >= 15 is 0 Å². The van der Waals surface area contributed by atoms with Gasteiger partial charge in [0.15, 0.2) is 0 Å². The van der Waals surface area contributed by atoms with Gasteiger partial charge in [-0.3, -0.25) is 0 Å². The fourth-order valence-electron chi connectivity index (χ4n) is 1.57. The van der Waals surface area contributed by atoms with Crippen LogP contribution in [0, 0.1) is 0 Å². The first-order valence-corrected chi connectivity index (χ1v) is 8.70. The van der Waals surface area contributed by atoms with E-state index in [0.29, 0.717) is 0 Å². The van der Waals surface area contributed by atoms with Crippen molar-refractivity contribution in [3.05, 3.63) is 29.8 Å². The van der Waals surface area contributed by atoms with E-state index in [0.717, 1.165) is 0 Å². The van der Waals surface area contributed by atoms with Crippen molar-refractivity contribution in [3.63, 3.8) is 0 Å². The Morgan fingerprint density at radius 3 is 1.62 bits per heavy atom. The second-order valence-electron chi connectivity index (χ2n) is 3.61. The van der Waals surface area contributed by atoms with E-state index in [1.54, 1.807) is 0 Å². The Balaban J connectivity index is 3.03. The van der Waals surface area contributed by atoms with Crippen molar-refractivity contribution >= 4 is 41.0 Å². The standard InChI is InChI=1S/C12H19NS3/c1-13(2)11-8-6-10(7-9-11)12(14-3,15-4)16-5/h6-9H,1-5H3. The van der Waals surface area contributed by atoms with Crippen LogP contribution in [0.15, 0.2) is 24.3 Å². The highest BCUT2D eigenvalue weighted by molar-refractivity contribution is 8.32. The monoisotopic (exact) mass is 273 g/mol. The molecule has 0 aliphatic rings. The molecule has 0 heterocycles. The molecule has 0 aromatic heterocycles. The molecular weight excluding hydrogens is 254 g/mol. The van der Waals surface area contributed by atoms with Crippen LogP contribution in [0.4, 0.5) is 5.69 Å². The maximum Gasteiger partial charge on any atom is 0.131 e. The average molecular weight is 273 g/mol. The molecule has 0 aliphatic carbocycles. The van der Waals surface area contributed by atoms with Crippen molar-refractivity contribution in [1.29, 1.82) is 0 Å². The predicted molar refractivity (Wildman–Crippen MR) is 83.0 cm³/mol. The van der Waals surface area contributed by atoms with Crippen LogP contribution in [-0.2, 0) is 3.41 Å². The van der Waals surface area contributed by atoms with Crippen LogP contribution < -0.4 is 4.90 Å². The molecule has 0 unspecified atom stereocenters. The van der Waals surface area contributed by atoms with Gasteiger partial charge in [0, 0.05) is 19.8 Å². The fourth-order valence-corrected chi connectivity index (χ4v) is 4.68. The minimum atomic E-state index is 0.130. The van der Waals surface area contributed by atoms with Crippen molar-refractivity contribution in [3.8, 4) is 0 Å². The second kappa shape index (κ2) is 6.12. The number of thioether (sulfide) groups is 3. The van der Waals surface area contributed by atoms with Gasteiger partial charge in [-0.25, -0.2) is 0 Å². The molecule has 0 atom stereocenters. The number of rotatable bonds is 5. The summed E-state index contributed by atoms with van der Waals surface area (Å²) in [6.45, 7) is 0. The molecule has 90 valence electrons. The van der Waals surface area contributed by atoms with Gasteiger partial charge in [-0.05, 0) is 36.5 Å². The zero-order valence-electron chi connectivity index (χ0n) is 10.5. The Morgan fingerprint density at radius 2 is 1.31 bits per heavy atom. The van der Waals surface area contributed by atoms with Gasteiger partial charge in [0.2, 0.25) is 0 Å². The summed E-state index contributed by atoms with van der Waals surface area (Å²) < 4.78 is 0.130. The molecule has 1 aromatic rings. The summed E-state index contributed by atoms with van der Waals surface area (Å²) in [5.41, 5.74) is 2.63. The van der Waals surface area contributed by atoms with Gasteiger partial charge in [0.05, 0.1) is 0 Å². The first kappa shape index (κ1) is 14.1. The lowest BCUT2D eigenvalue weighted by molar-refractivity contribution is 1.13. The summed E-state index contributed by atoms with van der Waals surface area (Å²) in [5.74, 6) is 0. The number of benzene rings is 1. The third-order valence-electron chi connectivity index (χ3n) is 2.54. The SMILES string of the molecule is CSC(SC)(SC)c1ccc(N(C)C)cc1. The fraction of sp³-hybridized carbons (Fsp3) is 0.500. The Kier molecular flexibility index (Phi) is 5.41. The van der Waals surface area contributed by atoms with E-state index in [9.17, 15) is 0 Å². The molecule has 0 spiro atoms. The predicted octanol–water partition coefficient (Wildman–Crippen LogP) is 3.95. The maximum atomic E-state index is 2.23. The Labute approximate surface area is 112 Å². The summed E-state index contributed by atoms with van der Waals surface area (Å²) in [6.07, 6.45) is 6.52. The normalized spacial score (nSPS) is 11.6. The quantitative estimate of drug-likeness (QED) is 0.747. The van der Waals surface area contributed by atoms with Crippen molar-refractivity contribution in [2.24, 2.45) is 0 Å². The van der Waals surface area contributed by atoms with Crippen molar-refractivity contribution in [2.75, 3.05) is 37.8 Å². The van der Waals surface area contributed by atoms with Crippen molar-refractivity contribution < 1.29 is 0 Å². The molecule has 0 radical (unpaired) electrons. The largest absolute Gasteiger partial charge is 0.378 e. The first-order chi connectivity index (χ1) is 7.59. The molecule has 0 aliphatic heterocycles. The zero-order valence-corrected chi connectivity index (χ0v) is 12.9. The average Bonchev–Trinajstić information content (AvgIpc) is 2.33. The molecule has 16 heavy (non-hydrogen) atoms. The van der Waals surface area contributed by atoms with E-state index in [-0.39, 0.29) is 3.41 Å². The molecule has 0 saturated carbocycles. The van der Waals surface area contributed by atoms with Gasteiger partial charge >= 0.3 is 0 Å². The lowest BCUT2D eigenvalue weighted by Crippen LogP contribution is -2.12. The number of hydrogen-bond donors (Lipinski definition) is 0. The molecule has 0 fully saturated rings. The van der Waals surface area contributed by atoms with Crippen molar-refractivity contribution in [2.45, 2.75) is 3.41 Å². The summed E-state index contributed by atoms with van der Waals surface area (Å²) in [7, 11) is 4.14. The van der Waals surface area contributed by atoms with Gasteiger partial charge in [0.1, 0.15) is 3.41 Å². The van der Waals surface area contributed by atoms with Gasteiger partial charge in [-0.15, -0.1) is 35.3 Å². The number of nitrogens with zero attached hydrogens (tertiary/aromatic N) is 1. The summed E-state index contributed by atoms with van der Waals surface area (Å²) in [6, 6.07) is 8.84. The third kappa shape index (κ3) is 2.84. The summed E-state index contributed by atoms with van der Waals surface area (Å²) in [5, 5.41) is 0. The van der Waals surface area contributed by atoms with Gasteiger partial charge in [0.25, 0.3) is 0 Å². The van der Waals surface area contributed by atoms with Crippen LogP contribution >= 0.6 is 35.3 Å². The Hall–Kier alpha value is 0.0700. The number of hydrogen-bond acceptors (Lipinski definition) is 4. The van der Waals surface area contributed by atoms with Crippen LogP contribution in [0.3, 0.4) is 0 Å². The lowest BCUT2D eigenvalue weighted by Gasteiger charge is -2.29. The van der Waals surface area contributed by atoms with E-state index in [2.05, 4.69) is 62.0 Å². The smallest absolute Gasteiger partial charge is 0.131 e. The zero-order chi connectivity index (χ0) is 12.2. The van der Waals surface area contributed by atoms with Crippen LogP contribution in [0.2, 0.25) is 0 Å². The van der Waals surface area contributed by atoms with E-state index in [1.807, 2.05) is 35.3 Å². The van der Waals surface area contributed by atoms with Crippen LogP contribution in [0.5, 0.6) is 0 Å². The molecule has 0 amide bonds. The van der Waals surface area contributed by atoms with Crippen LogP contribution in [0.1, 0.15) is 5.56 Å². The van der Waals surface area contributed by atoms with E-state index < -0.39 is 0 Å². The van der Waals surface area contributed by atoms with Gasteiger partial charge < -0.3 is 4.90 Å². The molecule has 1 aromatic carbocycles. The van der Waals surface area contributed by atoms with Gasteiger partial charge in [-0.1, -0.05) is 12.1 Å². The molecule has 0 N–H and O–H groups in total. The molecular formula is C12H19NS3. The molecule has 1 rings (SSSR count). The third-order valence-corrected chi connectivity index (χ3v) is 7.86. The summed E-state index contributed by atoms with van der Waals surface area (Å²) >= 11 is 5.69. The van der Waals surface area contributed by atoms with Gasteiger partial charge in [-0.2, -0.15) is 0 Å². The van der Waals surface area contributed by atoms with E-state index in [4.69, 9.17) is 0 Å². The Bertz CT molecular complexity index is 309. The molecule has 1 nitrogen and oxygen atoms in total. The second-order valence-corrected chi connectivity index (χ2v) is 7.45. The maximum absolute atomic E-state index is 2.23. The molecule has 0 saturated heterocycles. The Morgan fingerprint density at radius 1 is 0.875 bits per heavy atom. The highest BCUT2D eigenvalue weighted by atomic mass is 32.3. The minimum absolute atomic E-state index is 0.130. The van der Waals surface area contributed by atoms with Crippen LogP contribution in [0.25, 0.3) is 0 Å². The van der Waals surface area contributed by atoms with Crippen LogP contribution in [-0.4, -0.2) is 32.9 Å². The minimum Gasteiger partial charge on any atom is -0.378 e. The molecule has 4 heteroatoms. The highest BCUT2D eigenvalue weighted by Gasteiger charge is 2.29. The highest BCUT2D eigenvalue weighted by Crippen LogP contribution is 2.52. The lowest BCUT2D eigenvalue weighted by atomic mass is 10.2.